The maximum Gasteiger partial charge on any atom is 0.229 e. The zero-order valence-electron chi connectivity index (χ0n) is 16.6. The lowest BCUT2D eigenvalue weighted by Gasteiger charge is -2.22. The standard InChI is InChI=1S/C21H23Cl2N3OS2/c1-14-12-16(23)13-18-20(14)24-21(29-18)26(10-9-25(2)3)19(27)8-11-28-17-6-4-15(22)5-7-17/h4-7,12-13H,8-11H2,1-3H3. The summed E-state index contributed by atoms with van der Waals surface area (Å²) in [6, 6.07) is 11.5. The Morgan fingerprint density at radius 1 is 1.10 bits per heavy atom. The Bertz CT molecular complexity index is 990. The molecular weight excluding hydrogens is 445 g/mol. The molecule has 4 nitrogen and oxygen atoms in total. The van der Waals surface area contributed by atoms with Gasteiger partial charge >= 0.3 is 0 Å². The highest BCUT2D eigenvalue weighted by Gasteiger charge is 2.20. The second kappa shape index (κ2) is 10.1. The lowest BCUT2D eigenvalue weighted by Crippen LogP contribution is -2.36. The Morgan fingerprint density at radius 2 is 1.83 bits per heavy atom. The Balaban J connectivity index is 1.74. The second-order valence-electron chi connectivity index (χ2n) is 6.97. The number of carbonyl (C=O) groups excluding carboxylic acids is 1. The normalized spacial score (nSPS) is 11.4. The predicted molar refractivity (Wildman–Crippen MR) is 127 cm³/mol. The van der Waals surface area contributed by atoms with Gasteiger partial charge in [-0.2, -0.15) is 0 Å². The molecule has 0 radical (unpaired) electrons. The van der Waals surface area contributed by atoms with Gasteiger partial charge in [0.15, 0.2) is 5.13 Å². The molecule has 0 saturated heterocycles. The molecule has 0 N–H and O–H groups in total. The third-order valence-corrected chi connectivity index (χ3v) is 6.85. The molecule has 2 aromatic carbocycles. The molecule has 0 saturated carbocycles. The fraction of sp³-hybridized carbons (Fsp3) is 0.333. The van der Waals surface area contributed by atoms with Crippen LogP contribution in [0.5, 0.6) is 0 Å². The van der Waals surface area contributed by atoms with Crippen molar-refractivity contribution in [3.8, 4) is 0 Å². The number of aromatic nitrogens is 1. The minimum absolute atomic E-state index is 0.0797. The van der Waals surface area contributed by atoms with Crippen LogP contribution in [0.25, 0.3) is 10.2 Å². The van der Waals surface area contributed by atoms with E-state index in [0.717, 1.165) is 32.4 Å². The number of anilines is 1. The van der Waals surface area contributed by atoms with E-state index in [9.17, 15) is 4.79 Å². The van der Waals surface area contributed by atoms with Gasteiger partial charge in [-0.15, -0.1) is 11.8 Å². The van der Waals surface area contributed by atoms with E-state index in [-0.39, 0.29) is 5.91 Å². The summed E-state index contributed by atoms with van der Waals surface area (Å²) < 4.78 is 1.00. The monoisotopic (exact) mass is 467 g/mol. The van der Waals surface area contributed by atoms with Crippen LogP contribution in [0.1, 0.15) is 12.0 Å². The molecule has 1 amide bonds. The molecule has 8 heteroatoms. The van der Waals surface area contributed by atoms with Gasteiger partial charge in [-0.05, 0) is 63.0 Å². The Labute approximate surface area is 189 Å². The van der Waals surface area contributed by atoms with Crippen LogP contribution in [0.3, 0.4) is 0 Å². The van der Waals surface area contributed by atoms with Crippen LogP contribution in [0.15, 0.2) is 41.3 Å². The highest BCUT2D eigenvalue weighted by atomic mass is 35.5. The number of thioether (sulfide) groups is 1. The first-order valence-electron chi connectivity index (χ1n) is 9.23. The fourth-order valence-electron chi connectivity index (χ4n) is 2.81. The van der Waals surface area contributed by atoms with Crippen LogP contribution in [0.2, 0.25) is 10.0 Å². The summed E-state index contributed by atoms with van der Waals surface area (Å²) in [6.07, 6.45) is 0.441. The van der Waals surface area contributed by atoms with Crippen molar-refractivity contribution >= 4 is 67.6 Å². The van der Waals surface area contributed by atoms with E-state index in [1.54, 1.807) is 16.7 Å². The zero-order chi connectivity index (χ0) is 21.0. The van der Waals surface area contributed by atoms with Crippen LogP contribution >= 0.6 is 46.3 Å². The molecule has 0 atom stereocenters. The number of likely N-dealkylation sites (N-methyl/N-ethyl adjacent to an activating group) is 1. The van der Waals surface area contributed by atoms with E-state index in [1.165, 1.54) is 11.3 Å². The number of fused-ring (bicyclic) bond motifs is 1. The number of aryl methyl sites for hydroxylation is 1. The molecule has 0 spiro atoms. The smallest absolute Gasteiger partial charge is 0.229 e. The Morgan fingerprint density at radius 3 is 2.52 bits per heavy atom. The molecule has 29 heavy (non-hydrogen) atoms. The maximum atomic E-state index is 13.0. The van der Waals surface area contributed by atoms with Gasteiger partial charge in [0.2, 0.25) is 5.91 Å². The molecule has 0 aliphatic heterocycles. The molecule has 0 unspecified atom stereocenters. The van der Waals surface area contributed by atoms with Crippen molar-refractivity contribution in [2.75, 3.05) is 37.8 Å². The van der Waals surface area contributed by atoms with Crippen molar-refractivity contribution in [3.05, 3.63) is 52.0 Å². The van der Waals surface area contributed by atoms with E-state index >= 15 is 0 Å². The highest BCUT2D eigenvalue weighted by molar-refractivity contribution is 7.99. The average molecular weight is 468 g/mol. The summed E-state index contributed by atoms with van der Waals surface area (Å²) in [5.74, 6) is 0.783. The lowest BCUT2D eigenvalue weighted by molar-refractivity contribution is -0.118. The van der Waals surface area contributed by atoms with E-state index in [2.05, 4.69) is 4.90 Å². The number of hydrogen-bond acceptors (Lipinski definition) is 5. The van der Waals surface area contributed by atoms with Crippen molar-refractivity contribution in [3.63, 3.8) is 0 Å². The number of rotatable bonds is 8. The quantitative estimate of drug-likeness (QED) is 0.381. The first-order valence-corrected chi connectivity index (χ1v) is 11.8. The number of carbonyl (C=O) groups is 1. The molecule has 154 valence electrons. The van der Waals surface area contributed by atoms with E-state index in [0.29, 0.717) is 28.8 Å². The molecule has 0 aliphatic carbocycles. The minimum Gasteiger partial charge on any atom is -0.308 e. The van der Waals surface area contributed by atoms with Crippen molar-refractivity contribution in [1.82, 2.24) is 9.88 Å². The van der Waals surface area contributed by atoms with E-state index in [4.69, 9.17) is 28.2 Å². The van der Waals surface area contributed by atoms with Crippen LogP contribution in [0.4, 0.5) is 5.13 Å². The molecule has 0 aliphatic rings. The van der Waals surface area contributed by atoms with E-state index in [1.807, 2.05) is 57.4 Å². The molecule has 1 aromatic heterocycles. The van der Waals surface area contributed by atoms with Gasteiger partial charge in [-0.25, -0.2) is 4.98 Å². The van der Waals surface area contributed by atoms with Gasteiger partial charge < -0.3 is 4.90 Å². The van der Waals surface area contributed by atoms with Gasteiger partial charge in [0.05, 0.1) is 10.2 Å². The van der Waals surface area contributed by atoms with Crippen LogP contribution in [-0.2, 0) is 4.79 Å². The number of hydrogen-bond donors (Lipinski definition) is 0. The zero-order valence-corrected chi connectivity index (χ0v) is 19.8. The fourth-order valence-corrected chi connectivity index (χ4v) is 5.24. The molecule has 3 rings (SSSR count). The third-order valence-electron chi connectivity index (χ3n) is 4.34. The Hall–Kier alpha value is -1.31. The number of amides is 1. The van der Waals surface area contributed by atoms with Gasteiger partial charge in [-0.1, -0.05) is 34.5 Å². The van der Waals surface area contributed by atoms with Gasteiger partial charge in [0, 0.05) is 40.2 Å². The number of thiazole rings is 1. The average Bonchev–Trinajstić information content (AvgIpc) is 3.07. The molecule has 3 aromatic rings. The molecular formula is C21H23Cl2N3OS2. The maximum absolute atomic E-state index is 13.0. The number of halogens is 2. The van der Waals surface area contributed by atoms with Crippen LogP contribution < -0.4 is 4.90 Å². The van der Waals surface area contributed by atoms with Crippen molar-refractivity contribution in [2.24, 2.45) is 0 Å². The number of benzene rings is 2. The second-order valence-corrected chi connectivity index (χ2v) is 10.0. The molecule has 1 heterocycles. The topological polar surface area (TPSA) is 36.4 Å². The Kier molecular flexibility index (Phi) is 7.82. The predicted octanol–water partition coefficient (Wildman–Crippen LogP) is 5.99. The molecule has 0 fully saturated rings. The summed E-state index contributed by atoms with van der Waals surface area (Å²) in [6.45, 7) is 3.36. The highest BCUT2D eigenvalue weighted by Crippen LogP contribution is 2.33. The van der Waals surface area contributed by atoms with Gasteiger partial charge in [-0.3, -0.25) is 9.69 Å². The largest absolute Gasteiger partial charge is 0.308 e. The first-order chi connectivity index (χ1) is 13.8. The third kappa shape index (κ3) is 6.09. The summed E-state index contributed by atoms with van der Waals surface area (Å²) in [4.78, 5) is 22.8. The molecule has 0 bridgehead atoms. The SMILES string of the molecule is Cc1cc(Cl)cc2sc(N(CCN(C)C)C(=O)CCSc3ccc(Cl)cc3)nc12. The first kappa shape index (κ1) is 22.4. The number of nitrogens with zero attached hydrogens (tertiary/aromatic N) is 3. The summed E-state index contributed by atoms with van der Waals surface area (Å²) in [5, 5.41) is 2.14. The minimum atomic E-state index is 0.0797. The lowest BCUT2D eigenvalue weighted by atomic mass is 10.2. The summed E-state index contributed by atoms with van der Waals surface area (Å²) in [5.41, 5.74) is 1.93. The van der Waals surface area contributed by atoms with Crippen molar-refractivity contribution in [1.29, 1.82) is 0 Å². The van der Waals surface area contributed by atoms with Crippen LogP contribution in [-0.4, -0.2) is 48.7 Å². The van der Waals surface area contributed by atoms with Gasteiger partial charge in [0.25, 0.3) is 0 Å². The van der Waals surface area contributed by atoms with Crippen molar-refractivity contribution < 1.29 is 4.79 Å². The van der Waals surface area contributed by atoms with Crippen molar-refractivity contribution in [2.45, 2.75) is 18.2 Å². The van der Waals surface area contributed by atoms with Gasteiger partial charge in [0.1, 0.15) is 0 Å². The van der Waals surface area contributed by atoms with Crippen LogP contribution in [0, 0.1) is 6.92 Å². The summed E-state index contributed by atoms with van der Waals surface area (Å²) >= 11 is 15.3. The summed E-state index contributed by atoms with van der Waals surface area (Å²) in [7, 11) is 4.00. The van der Waals surface area contributed by atoms with E-state index < -0.39 is 0 Å².